The number of carbonyl (C=O) groups is 1. The van der Waals surface area contributed by atoms with Gasteiger partial charge in [0.2, 0.25) is 0 Å². The molecule has 2 N–H and O–H groups in total. The molecule has 1 heterocycles. The number of halogens is 3. The summed E-state index contributed by atoms with van der Waals surface area (Å²) in [5.74, 6) is -0.775. The fourth-order valence-corrected chi connectivity index (χ4v) is 3.19. The number of rotatable bonds is 5. The highest BCUT2D eigenvalue weighted by atomic mass is 19.4. The first-order valence-electron chi connectivity index (χ1n) is 9.26. The lowest BCUT2D eigenvalue weighted by Crippen LogP contribution is -2.19. The number of amides is 1. The molecule has 1 amide bonds. The molecule has 156 valence electrons. The molecule has 0 saturated heterocycles. The van der Waals surface area contributed by atoms with Gasteiger partial charge >= 0.3 is 6.36 Å². The molecule has 0 spiro atoms. The zero-order chi connectivity index (χ0) is 21.8. The number of carbonyl (C=O) groups excluding carboxylic acids is 1. The third-order valence-corrected chi connectivity index (χ3v) is 4.49. The normalized spacial score (nSPS) is 11.7. The monoisotopic (exact) mass is 423 g/mol. The van der Waals surface area contributed by atoms with E-state index in [4.69, 9.17) is 0 Å². The van der Waals surface area contributed by atoms with Crippen LogP contribution in [-0.2, 0) is 0 Å². The molecule has 31 heavy (non-hydrogen) atoms. The SMILES string of the molecule is O=C(N/N=C/c1ccc(OC(F)(F)F)cc1)c1[nH]c2ccccc2c1-c1ccccc1. The molecule has 4 rings (SSSR count). The Labute approximate surface area is 175 Å². The van der Waals surface area contributed by atoms with Crippen molar-refractivity contribution in [3.05, 3.63) is 90.1 Å². The summed E-state index contributed by atoms with van der Waals surface area (Å²) in [5.41, 5.74) is 5.78. The summed E-state index contributed by atoms with van der Waals surface area (Å²) < 4.78 is 40.5. The molecule has 1 aromatic heterocycles. The lowest BCUT2D eigenvalue weighted by molar-refractivity contribution is -0.274. The molecule has 0 fully saturated rings. The van der Waals surface area contributed by atoms with Crippen LogP contribution in [0.3, 0.4) is 0 Å². The number of alkyl halides is 3. The van der Waals surface area contributed by atoms with Gasteiger partial charge in [-0.15, -0.1) is 13.2 Å². The maximum absolute atomic E-state index is 12.8. The summed E-state index contributed by atoms with van der Waals surface area (Å²) in [4.78, 5) is 15.9. The highest BCUT2D eigenvalue weighted by Crippen LogP contribution is 2.32. The van der Waals surface area contributed by atoms with Gasteiger partial charge in [-0.1, -0.05) is 48.5 Å². The molecule has 0 unspecified atom stereocenters. The van der Waals surface area contributed by atoms with Gasteiger partial charge in [0, 0.05) is 16.5 Å². The molecule has 0 aliphatic rings. The summed E-state index contributed by atoms with van der Waals surface area (Å²) >= 11 is 0. The first-order valence-corrected chi connectivity index (χ1v) is 9.26. The third kappa shape index (κ3) is 4.75. The van der Waals surface area contributed by atoms with Crippen LogP contribution in [0, 0.1) is 0 Å². The minimum absolute atomic E-state index is 0.334. The highest BCUT2D eigenvalue weighted by Gasteiger charge is 2.30. The summed E-state index contributed by atoms with van der Waals surface area (Å²) in [6, 6.07) is 22.2. The molecule has 0 atom stereocenters. The number of ether oxygens (including phenoxy) is 1. The number of nitrogens with zero attached hydrogens (tertiary/aromatic N) is 1. The maximum Gasteiger partial charge on any atom is 0.573 e. The second-order valence-corrected chi connectivity index (χ2v) is 6.60. The number of para-hydroxylation sites is 1. The van der Waals surface area contributed by atoms with E-state index >= 15 is 0 Å². The number of hydrogen-bond acceptors (Lipinski definition) is 3. The van der Waals surface area contributed by atoms with Gasteiger partial charge in [0.25, 0.3) is 5.91 Å². The zero-order valence-corrected chi connectivity index (χ0v) is 16.0. The number of fused-ring (bicyclic) bond motifs is 1. The molecule has 8 heteroatoms. The van der Waals surface area contributed by atoms with E-state index in [0.29, 0.717) is 11.3 Å². The van der Waals surface area contributed by atoms with Crippen molar-refractivity contribution in [1.82, 2.24) is 10.4 Å². The Bertz CT molecular complexity index is 1230. The van der Waals surface area contributed by atoms with Gasteiger partial charge < -0.3 is 9.72 Å². The standard InChI is InChI=1S/C23H16F3N3O2/c24-23(25,26)31-17-12-10-15(11-13-17)14-27-29-22(30)21-20(16-6-2-1-3-7-16)18-8-4-5-9-19(18)28-21/h1-14,28H,(H,29,30)/b27-14+. The van der Waals surface area contributed by atoms with E-state index in [9.17, 15) is 18.0 Å². The molecule has 0 bridgehead atoms. The van der Waals surface area contributed by atoms with Gasteiger partial charge in [0.05, 0.1) is 6.21 Å². The molecular formula is C23H16F3N3O2. The van der Waals surface area contributed by atoms with Crippen molar-refractivity contribution in [3.8, 4) is 16.9 Å². The van der Waals surface area contributed by atoms with Gasteiger partial charge in [-0.2, -0.15) is 5.10 Å². The van der Waals surface area contributed by atoms with E-state index in [1.807, 2.05) is 54.6 Å². The molecule has 0 radical (unpaired) electrons. The maximum atomic E-state index is 12.8. The average molecular weight is 423 g/mol. The smallest absolute Gasteiger partial charge is 0.406 e. The average Bonchev–Trinajstić information content (AvgIpc) is 3.14. The van der Waals surface area contributed by atoms with Crippen LogP contribution in [0.15, 0.2) is 84.0 Å². The van der Waals surface area contributed by atoms with E-state index in [2.05, 4.69) is 20.2 Å². The van der Waals surface area contributed by atoms with Crippen LogP contribution in [0.2, 0.25) is 0 Å². The largest absolute Gasteiger partial charge is 0.573 e. The number of hydrogen-bond donors (Lipinski definition) is 2. The Balaban J connectivity index is 1.54. The van der Waals surface area contributed by atoms with Gasteiger partial charge in [-0.3, -0.25) is 4.79 Å². The van der Waals surface area contributed by atoms with Crippen molar-refractivity contribution in [2.45, 2.75) is 6.36 Å². The zero-order valence-electron chi connectivity index (χ0n) is 16.0. The Morgan fingerprint density at radius 2 is 1.61 bits per heavy atom. The first kappa shape index (κ1) is 20.2. The molecule has 0 aliphatic carbocycles. The predicted octanol–water partition coefficient (Wildman–Crippen LogP) is 5.50. The Kier molecular flexibility index (Phi) is 5.44. The molecular weight excluding hydrogens is 407 g/mol. The van der Waals surface area contributed by atoms with E-state index < -0.39 is 12.3 Å². The van der Waals surface area contributed by atoms with Crippen molar-refractivity contribution >= 4 is 23.0 Å². The van der Waals surface area contributed by atoms with Crippen LogP contribution in [0.5, 0.6) is 5.75 Å². The lowest BCUT2D eigenvalue weighted by Gasteiger charge is -2.08. The van der Waals surface area contributed by atoms with Crippen molar-refractivity contribution in [2.75, 3.05) is 0 Å². The van der Waals surface area contributed by atoms with Crippen LogP contribution in [0.1, 0.15) is 16.1 Å². The molecule has 3 aromatic carbocycles. The van der Waals surface area contributed by atoms with Crippen LogP contribution in [0.25, 0.3) is 22.0 Å². The van der Waals surface area contributed by atoms with Crippen LogP contribution in [-0.4, -0.2) is 23.5 Å². The summed E-state index contributed by atoms with van der Waals surface area (Å²) in [6.45, 7) is 0. The summed E-state index contributed by atoms with van der Waals surface area (Å²) in [6.07, 6.45) is -3.42. The molecule has 0 aliphatic heterocycles. The summed E-state index contributed by atoms with van der Waals surface area (Å²) in [5, 5.41) is 4.83. The Morgan fingerprint density at radius 3 is 2.32 bits per heavy atom. The minimum Gasteiger partial charge on any atom is -0.406 e. The fourth-order valence-electron chi connectivity index (χ4n) is 3.19. The number of aromatic nitrogens is 1. The van der Waals surface area contributed by atoms with Crippen molar-refractivity contribution in [2.24, 2.45) is 5.10 Å². The number of hydrazone groups is 1. The van der Waals surface area contributed by atoms with Gasteiger partial charge in [0.15, 0.2) is 0 Å². The summed E-state index contributed by atoms with van der Waals surface area (Å²) in [7, 11) is 0. The van der Waals surface area contributed by atoms with Crippen molar-refractivity contribution < 1.29 is 22.7 Å². The van der Waals surface area contributed by atoms with E-state index in [1.54, 1.807) is 0 Å². The first-order chi connectivity index (χ1) is 14.9. The number of H-pyrrole nitrogens is 1. The van der Waals surface area contributed by atoms with E-state index in [0.717, 1.165) is 22.0 Å². The number of aromatic amines is 1. The quantitative estimate of drug-likeness (QED) is 0.329. The van der Waals surface area contributed by atoms with Gasteiger partial charge in [-0.05, 0) is 41.5 Å². The lowest BCUT2D eigenvalue weighted by atomic mass is 10.0. The Hall–Kier alpha value is -4.07. The van der Waals surface area contributed by atoms with E-state index in [1.165, 1.54) is 30.5 Å². The second kappa shape index (κ2) is 8.35. The predicted molar refractivity (Wildman–Crippen MR) is 112 cm³/mol. The third-order valence-electron chi connectivity index (χ3n) is 4.49. The Morgan fingerprint density at radius 1 is 0.935 bits per heavy atom. The second-order valence-electron chi connectivity index (χ2n) is 6.60. The van der Waals surface area contributed by atoms with Crippen LogP contribution in [0.4, 0.5) is 13.2 Å². The van der Waals surface area contributed by atoms with Gasteiger partial charge in [-0.25, -0.2) is 5.43 Å². The van der Waals surface area contributed by atoms with Crippen molar-refractivity contribution in [1.29, 1.82) is 0 Å². The van der Waals surface area contributed by atoms with Gasteiger partial charge in [0.1, 0.15) is 11.4 Å². The highest BCUT2D eigenvalue weighted by molar-refractivity contribution is 6.09. The van der Waals surface area contributed by atoms with Crippen molar-refractivity contribution in [3.63, 3.8) is 0 Å². The number of benzene rings is 3. The topological polar surface area (TPSA) is 66.5 Å². The molecule has 0 saturated carbocycles. The molecule has 5 nitrogen and oxygen atoms in total. The number of nitrogens with one attached hydrogen (secondary N) is 2. The van der Waals surface area contributed by atoms with Crippen LogP contribution < -0.4 is 10.2 Å². The molecule has 4 aromatic rings. The fraction of sp³-hybridized carbons (Fsp3) is 0.0435. The minimum atomic E-state index is -4.75. The van der Waals surface area contributed by atoms with E-state index in [-0.39, 0.29) is 5.75 Å². The van der Waals surface area contributed by atoms with Crippen LogP contribution >= 0.6 is 0 Å².